The lowest BCUT2D eigenvalue weighted by molar-refractivity contribution is -0.124. The minimum absolute atomic E-state index is 0.0136. The van der Waals surface area contributed by atoms with Gasteiger partial charge < -0.3 is 15.2 Å². The van der Waals surface area contributed by atoms with E-state index in [0.29, 0.717) is 11.7 Å². The minimum atomic E-state index is -0.543. The van der Waals surface area contributed by atoms with Gasteiger partial charge in [0.2, 0.25) is 0 Å². The van der Waals surface area contributed by atoms with Crippen LogP contribution in [0.25, 0.3) is 0 Å². The van der Waals surface area contributed by atoms with Gasteiger partial charge in [0.15, 0.2) is 6.61 Å². The van der Waals surface area contributed by atoms with Crippen molar-refractivity contribution in [2.45, 2.75) is 39.8 Å². The van der Waals surface area contributed by atoms with Crippen molar-refractivity contribution < 1.29 is 14.6 Å². The first-order chi connectivity index (χ1) is 8.90. The molecule has 4 nitrogen and oxygen atoms in total. The molecule has 0 aliphatic rings. The van der Waals surface area contributed by atoms with Crippen LogP contribution in [0.5, 0.6) is 5.75 Å². The van der Waals surface area contributed by atoms with Crippen molar-refractivity contribution in [2.75, 3.05) is 6.61 Å². The van der Waals surface area contributed by atoms with Gasteiger partial charge in [0.1, 0.15) is 5.75 Å². The summed E-state index contributed by atoms with van der Waals surface area (Å²) in [5.74, 6) is 0.844. The number of carbonyl (C=O) groups excluding carboxylic acids is 1. The summed E-state index contributed by atoms with van der Waals surface area (Å²) >= 11 is 0. The summed E-state index contributed by atoms with van der Waals surface area (Å²) in [7, 11) is 0. The zero-order valence-corrected chi connectivity index (χ0v) is 12.0. The van der Waals surface area contributed by atoms with Crippen molar-refractivity contribution in [3.8, 4) is 5.75 Å². The van der Waals surface area contributed by atoms with Crippen LogP contribution in [0.1, 0.15) is 39.4 Å². The molecule has 1 aromatic carbocycles. The van der Waals surface area contributed by atoms with Crippen molar-refractivity contribution in [2.24, 2.45) is 5.92 Å². The lowest BCUT2D eigenvalue weighted by Gasteiger charge is -2.17. The molecule has 0 saturated heterocycles. The Hall–Kier alpha value is -1.55. The highest BCUT2D eigenvalue weighted by molar-refractivity contribution is 5.77. The SMILES string of the molecule is CC(O)c1cccc(OCC(=O)NC(C)C(C)C)c1. The third-order valence-electron chi connectivity index (χ3n) is 3.10. The average Bonchev–Trinajstić information content (AvgIpc) is 2.36. The van der Waals surface area contributed by atoms with Gasteiger partial charge in [-0.2, -0.15) is 0 Å². The van der Waals surface area contributed by atoms with Crippen LogP contribution in [0, 0.1) is 5.92 Å². The number of rotatable bonds is 6. The first-order valence-corrected chi connectivity index (χ1v) is 6.60. The Morgan fingerprint density at radius 1 is 1.32 bits per heavy atom. The van der Waals surface area contributed by atoms with Crippen LogP contribution < -0.4 is 10.1 Å². The Morgan fingerprint density at radius 2 is 2.00 bits per heavy atom. The van der Waals surface area contributed by atoms with E-state index in [1.54, 1.807) is 25.1 Å². The standard InChI is InChI=1S/C15H23NO3/c1-10(2)11(3)16-15(18)9-19-14-7-5-6-13(8-14)12(4)17/h5-8,10-12,17H,9H2,1-4H3,(H,16,18). The molecule has 19 heavy (non-hydrogen) atoms. The van der Waals surface area contributed by atoms with Crippen molar-refractivity contribution in [3.63, 3.8) is 0 Å². The Balaban J connectivity index is 2.48. The Labute approximate surface area is 114 Å². The van der Waals surface area contributed by atoms with Gasteiger partial charge in [-0.25, -0.2) is 0 Å². The maximum absolute atomic E-state index is 11.7. The van der Waals surface area contributed by atoms with Gasteiger partial charge in [-0.15, -0.1) is 0 Å². The van der Waals surface area contributed by atoms with Crippen molar-refractivity contribution in [1.82, 2.24) is 5.32 Å². The second kappa shape index (κ2) is 7.14. The molecule has 2 atom stereocenters. The number of aliphatic hydroxyl groups excluding tert-OH is 1. The molecule has 0 aliphatic carbocycles. The van der Waals surface area contributed by atoms with Crippen molar-refractivity contribution in [3.05, 3.63) is 29.8 Å². The van der Waals surface area contributed by atoms with Gasteiger partial charge >= 0.3 is 0 Å². The molecule has 1 rings (SSSR count). The fourth-order valence-electron chi connectivity index (χ4n) is 1.48. The van der Waals surface area contributed by atoms with Crippen LogP contribution in [0.2, 0.25) is 0 Å². The summed E-state index contributed by atoms with van der Waals surface area (Å²) in [6.07, 6.45) is -0.543. The predicted octanol–water partition coefficient (Wildman–Crippen LogP) is 2.28. The molecule has 0 radical (unpaired) electrons. The highest BCUT2D eigenvalue weighted by Gasteiger charge is 2.11. The van der Waals surface area contributed by atoms with Gasteiger partial charge in [-0.3, -0.25) is 4.79 Å². The smallest absolute Gasteiger partial charge is 0.258 e. The topological polar surface area (TPSA) is 58.6 Å². The zero-order valence-electron chi connectivity index (χ0n) is 12.0. The molecule has 2 N–H and O–H groups in total. The van der Waals surface area contributed by atoms with Gasteiger partial charge in [-0.1, -0.05) is 26.0 Å². The predicted molar refractivity (Wildman–Crippen MR) is 75.0 cm³/mol. The number of nitrogens with one attached hydrogen (secondary N) is 1. The van der Waals surface area contributed by atoms with E-state index in [1.165, 1.54) is 0 Å². The molecule has 0 bridgehead atoms. The molecule has 0 aromatic heterocycles. The number of hydrogen-bond donors (Lipinski definition) is 2. The number of hydrogen-bond acceptors (Lipinski definition) is 3. The molecule has 0 fully saturated rings. The lowest BCUT2D eigenvalue weighted by Crippen LogP contribution is -2.38. The molecule has 1 amide bonds. The molecule has 0 aliphatic heterocycles. The fraction of sp³-hybridized carbons (Fsp3) is 0.533. The maximum Gasteiger partial charge on any atom is 0.258 e. The lowest BCUT2D eigenvalue weighted by atomic mass is 10.1. The normalized spacial score (nSPS) is 14.0. The van der Waals surface area contributed by atoms with E-state index in [2.05, 4.69) is 19.2 Å². The van der Waals surface area contributed by atoms with E-state index in [9.17, 15) is 9.90 Å². The molecule has 1 aromatic rings. The summed E-state index contributed by atoms with van der Waals surface area (Å²) in [4.78, 5) is 11.7. The largest absolute Gasteiger partial charge is 0.484 e. The summed E-state index contributed by atoms with van der Waals surface area (Å²) in [5.41, 5.74) is 0.772. The van der Waals surface area contributed by atoms with E-state index in [0.717, 1.165) is 5.56 Å². The van der Waals surface area contributed by atoms with E-state index < -0.39 is 6.10 Å². The van der Waals surface area contributed by atoms with Crippen LogP contribution in [-0.4, -0.2) is 23.7 Å². The monoisotopic (exact) mass is 265 g/mol. The van der Waals surface area contributed by atoms with Gasteiger partial charge in [-0.05, 0) is 37.5 Å². The highest BCUT2D eigenvalue weighted by Crippen LogP contribution is 2.18. The number of aliphatic hydroxyl groups is 1. The second-order valence-corrected chi connectivity index (χ2v) is 5.14. The quantitative estimate of drug-likeness (QED) is 0.829. The Kier molecular flexibility index (Phi) is 5.83. The fourth-order valence-corrected chi connectivity index (χ4v) is 1.48. The maximum atomic E-state index is 11.7. The molecule has 0 spiro atoms. The summed E-state index contributed by atoms with van der Waals surface area (Å²) < 4.78 is 5.42. The zero-order chi connectivity index (χ0) is 14.4. The molecular formula is C15H23NO3. The minimum Gasteiger partial charge on any atom is -0.484 e. The third-order valence-corrected chi connectivity index (χ3v) is 3.10. The first kappa shape index (κ1) is 15.5. The van der Waals surface area contributed by atoms with Crippen LogP contribution in [-0.2, 0) is 4.79 Å². The molecule has 0 heterocycles. The van der Waals surface area contributed by atoms with E-state index in [4.69, 9.17) is 4.74 Å². The van der Waals surface area contributed by atoms with E-state index in [1.807, 2.05) is 13.0 Å². The highest BCUT2D eigenvalue weighted by atomic mass is 16.5. The summed E-state index contributed by atoms with van der Waals surface area (Å²) in [6, 6.07) is 7.25. The van der Waals surface area contributed by atoms with E-state index >= 15 is 0 Å². The number of ether oxygens (including phenoxy) is 1. The van der Waals surface area contributed by atoms with Crippen molar-refractivity contribution >= 4 is 5.91 Å². The summed E-state index contributed by atoms with van der Waals surface area (Å²) in [5, 5.41) is 12.3. The van der Waals surface area contributed by atoms with Crippen LogP contribution in [0.15, 0.2) is 24.3 Å². The second-order valence-electron chi connectivity index (χ2n) is 5.14. The molecule has 2 unspecified atom stereocenters. The van der Waals surface area contributed by atoms with Crippen LogP contribution in [0.3, 0.4) is 0 Å². The summed E-state index contributed by atoms with van der Waals surface area (Å²) in [6.45, 7) is 7.75. The number of amides is 1. The average molecular weight is 265 g/mol. The van der Waals surface area contributed by atoms with Crippen LogP contribution in [0.4, 0.5) is 0 Å². The number of benzene rings is 1. The molecule has 4 heteroatoms. The molecule has 106 valence electrons. The molecular weight excluding hydrogens is 242 g/mol. The van der Waals surface area contributed by atoms with Crippen molar-refractivity contribution in [1.29, 1.82) is 0 Å². The van der Waals surface area contributed by atoms with Gasteiger partial charge in [0, 0.05) is 6.04 Å². The third kappa shape index (κ3) is 5.30. The Morgan fingerprint density at radius 3 is 2.58 bits per heavy atom. The Bertz CT molecular complexity index is 416. The van der Waals surface area contributed by atoms with Gasteiger partial charge in [0.05, 0.1) is 6.10 Å². The van der Waals surface area contributed by atoms with E-state index in [-0.39, 0.29) is 18.6 Å². The number of carbonyl (C=O) groups is 1. The molecule has 0 saturated carbocycles. The first-order valence-electron chi connectivity index (χ1n) is 6.60. The van der Waals surface area contributed by atoms with Crippen LogP contribution >= 0.6 is 0 Å². The van der Waals surface area contributed by atoms with Gasteiger partial charge in [0.25, 0.3) is 5.91 Å².